The van der Waals surface area contributed by atoms with Crippen LogP contribution in [0.1, 0.15) is 5.56 Å². The minimum Gasteiger partial charge on any atom is -0.244 e. The van der Waals surface area contributed by atoms with Gasteiger partial charge in [-0.15, -0.1) is 0 Å². The summed E-state index contributed by atoms with van der Waals surface area (Å²) in [7, 11) is 0. The third-order valence-electron chi connectivity index (χ3n) is 2.22. The molecule has 0 N–H and O–H groups in total. The number of nitrogens with zero attached hydrogens (tertiary/aromatic N) is 2. The molecule has 0 saturated heterocycles. The van der Waals surface area contributed by atoms with Gasteiger partial charge in [0.1, 0.15) is 16.7 Å². The molecule has 0 aliphatic rings. The van der Waals surface area contributed by atoms with Crippen LogP contribution in [-0.2, 0) is 0 Å². The van der Waals surface area contributed by atoms with Crippen LogP contribution < -0.4 is 0 Å². The van der Waals surface area contributed by atoms with Crippen molar-refractivity contribution in [2.24, 2.45) is 0 Å². The van der Waals surface area contributed by atoms with Crippen LogP contribution in [0.2, 0.25) is 0 Å². The second-order valence-electron chi connectivity index (χ2n) is 3.14. The van der Waals surface area contributed by atoms with Crippen molar-refractivity contribution in [2.45, 2.75) is 6.92 Å². The average molecular weight is 267 g/mol. The van der Waals surface area contributed by atoms with Gasteiger partial charge in [0.15, 0.2) is 0 Å². The summed E-state index contributed by atoms with van der Waals surface area (Å²) in [5.74, 6) is -0.219. The maximum atomic E-state index is 13.3. The van der Waals surface area contributed by atoms with Crippen LogP contribution in [-0.4, -0.2) is 9.97 Å². The van der Waals surface area contributed by atoms with Gasteiger partial charge in [-0.2, -0.15) is 0 Å². The van der Waals surface area contributed by atoms with Crippen LogP contribution in [0.5, 0.6) is 0 Å². The third-order valence-corrected chi connectivity index (χ3v) is 2.85. The molecular weight excluding hydrogens is 259 g/mol. The Morgan fingerprint density at radius 1 is 1.27 bits per heavy atom. The topological polar surface area (TPSA) is 25.8 Å². The van der Waals surface area contributed by atoms with Crippen molar-refractivity contribution in [1.29, 1.82) is 0 Å². The number of halogens is 2. The van der Waals surface area contributed by atoms with Gasteiger partial charge in [0, 0.05) is 11.8 Å². The average Bonchev–Trinajstić information content (AvgIpc) is 2.23. The molecule has 1 heterocycles. The van der Waals surface area contributed by atoms with E-state index >= 15 is 0 Å². The highest BCUT2D eigenvalue weighted by Gasteiger charge is 2.09. The lowest BCUT2D eigenvalue weighted by molar-refractivity contribution is 0.619. The van der Waals surface area contributed by atoms with Gasteiger partial charge in [0.25, 0.3) is 0 Å². The molecule has 0 atom stereocenters. The van der Waals surface area contributed by atoms with Gasteiger partial charge in [0.2, 0.25) is 0 Å². The first-order valence-electron chi connectivity index (χ1n) is 4.41. The smallest absolute Gasteiger partial charge is 0.126 e. The van der Waals surface area contributed by atoms with Gasteiger partial charge >= 0.3 is 0 Å². The van der Waals surface area contributed by atoms with Crippen LogP contribution in [0.15, 0.2) is 35.3 Å². The molecule has 2 aromatic rings. The number of aromatic nitrogens is 2. The van der Waals surface area contributed by atoms with Crippen LogP contribution in [0.25, 0.3) is 11.1 Å². The monoisotopic (exact) mass is 266 g/mol. The Kier molecular flexibility index (Phi) is 2.77. The molecule has 4 heteroatoms. The Morgan fingerprint density at radius 3 is 2.80 bits per heavy atom. The quantitative estimate of drug-likeness (QED) is 0.740. The molecule has 1 aromatic carbocycles. The lowest BCUT2D eigenvalue weighted by Gasteiger charge is -2.07. The van der Waals surface area contributed by atoms with Gasteiger partial charge in [-0.05, 0) is 40.0 Å². The van der Waals surface area contributed by atoms with Crippen molar-refractivity contribution in [2.75, 3.05) is 0 Å². The normalized spacial score (nSPS) is 10.3. The van der Waals surface area contributed by atoms with Gasteiger partial charge in [0.05, 0.1) is 0 Å². The van der Waals surface area contributed by atoms with Crippen molar-refractivity contribution in [3.05, 3.63) is 46.7 Å². The summed E-state index contributed by atoms with van der Waals surface area (Å²) in [6.07, 6.45) is 3.11. The lowest BCUT2D eigenvalue weighted by atomic mass is 10.0. The predicted molar refractivity (Wildman–Crippen MR) is 59.9 cm³/mol. The van der Waals surface area contributed by atoms with Crippen molar-refractivity contribution in [1.82, 2.24) is 9.97 Å². The van der Waals surface area contributed by atoms with E-state index in [-0.39, 0.29) is 5.82 Å². The summed E-state index contributed by atoms with van der Waals surface area (Å²) in [5.41, 5.74) is 2.21. The molecule has 0 spiro atoms. The van der Waals surface area contributed by atoms with E-state index in [1.807, 2.05) is 6.07 Å². The standard InChI is InChI=1S/C11H8BrFN2/c1-7-8(3-2-4-10(7)13)9-5-14-6-15-11(9)12/h2-6H,1H3. The van der Waals surface area contributed by atoms with Crippen molar-refractivity contribution < 1.29 is 4.39 Å². The molecule has 0 unspecified atom stereocenters. The number of hydrogen-bond acceptors (Lipinski definition) is 2. The molecule has 0 aliphatic heterocycles. The van der Waals surface area contributed by atoms with Crippen molar-refractivity contribution in [3.8, 4) is 11.1 Å². The molecule has 0 radical (unpaired) electrons. The third kappa shape index (κ3) is 1.90. The molecule has 0 saturated carbocycles. The molecule has 1 aromatic heterocycles. The summed E-state index contributed by atoms with van der Waals surface area (Å²) in [6.45, 7) is 1.74. The van der Waals surface area contributed by atoms with Crippen molar-refractivity contribution in [3.63, 3.8) is 0 Å². The van der Waals surface area contributed by atoms with E-state index in [0.29, 0.717) is 10.2 Å². The lowest BCUT2D eigenvalue weighted by Crippen LogP contribution is -1.91. The van der Waals surface area contributed by atoms with Crippen LogP contribution in [0.3, 0.4) is 0 Å². The molecule has 76 valence electrons. The molecule has 15 heavy (non-hydrogen) atoms. The molecule has 0 bridgehead atoms. The Morgan fingerprint density at radius 2 is 2.07 bits per heavy atom. The van der Waals surface area contributed by atoms with E-state index < -0.39 is 0 Å². The summed E-state index contributed by atoms with van der Waals surface area (Å²) in [5, 5.41) is 0. The Bertz CT molecular complexity index is 500. The molecular formula is C11H8BrFN2. The first kappa shape index (κ1) is 10.2. The second-order valence-corrected chi connectivity index (χ2v) is 3.89. The van der Waals surface area contributed by atoms with E-state index in [4.69, 9.17) is 0 Å². The maximum Gasteiger partial charge on any atom is 0.126 e. The number of hydrogen-bond donors (Lipinski definition) is 0. The van der Waals surface area contributed by atoms with E-state index in [2.05, 4.69) is 25.9 Å². The Hall–Kier alpha value is -1.29. The minimum absolute atomic E-state index is 0.219. The zero-order valence-corrected chi connectivity index (χ0v) is 9.62. The highest BCUT2D eigenvalue weighted by atomic mass is 79.9. The van der Waals surface area contributed by atoms with E-state index in [9.17, 15) is 4.39 Å². The van der Waals surface area contributed by atoms with E-state index in [1.54, 1.807) is 19.2 Å². The largest absolute Gasteiger partial charge is 0.244 e. The van der Waals surface area contributed by atoms with Crippen LogP contribution in [0, 0.1) is 12.7 Å². The van der Waals surface area contributed by atoms with Crippen molar-refractivity contribution >= 4 is 15.9 Å². The van der Waals surface area contributed by atoms with E-state index in [1.165, 1.54) is 12.4 Å². The maximum absolute atomic E-state index is 13.3. The highest BCUT2D eigenvalue weighted by molar-refractivity contribution is 9.10. The van der Waals surface area contributed by atoms with Gasteiger partial charge < -0.3 is 0 Å². The fourth-order valence-corrected chi connectivity index (χ4v) is 1.80. The van der Waals surface area contributed by atoms with E-state index in [0.717, 1.165) is 11.1 Å². The fraction of sp³-hybridized carbons (Fsp3) is 0.0909. The first-order valence-corrected chi connectivity index (χ1v) is 5.20. The highest BCUT2D eigenvalue weighted by Crippen LogP contribution is 2.28. The van der Waals surface area contributed by atoms with Crippen LogP contribution in [0.4, 0.5) is 4.39 Å². The molecule has 0 aliphatic carbocycles. The zero-order chi connectivity index (χ0) is 10.8. The van der Waals surface area contributed by atoms with Crippen LogP contribution >= 0.6 is 15.9 Å². The molecule has 0 fully saturated rings. The summed E-state index contributed by atoms with van der Waals surface area (Å²) < 4.78 is 14.0. The summed E-state index contributed by atoms with van der Waals surface area (Å²) in [4.78, 5) is 7.94. The minimum atomic E-state index is -0.219. The zero-order valence-electron chi connectivity index (χ0n) is 8.04. The second kappa shape index (κ2) is 4.06. The SMILES string of the molecule is Cc1c(F)cccc1-c1cncnc1Br. The molecule has 2 nitrogen and oxygen atoms in total. The predicted octanol–water partition coefficient (Wildman–Crippen LogP) is 3.35. The fourth-order valence-electron chi connectivity index (χ4n) is 1.39. The Labute approximate surface area is 95.3 Å². The Balaban J connectivity index is 2.65. The molecule has 0 amide bonds. The van der Waals surface area contributed by atoms with Gasteiger partial charge in [-0.3, -0.25) is 0 Å². The first-order chi connectivity index (χ1) is 7.20. The van der Waals surface area contributed by atoms with Gasteiger partial charge in [-0.1, -0.05) is 12.1 Å². The summed E-state index contributed by atoms with van der Waals surface area (Å²) in [6, 6.07) is 4.97. The summed E-state index contributed by atoms with van der Waals surface area (Å²) >= 11 is 3.32. The van der Waals surface area contributed by atoms with Gasteiger partial charge in [-0.25, -0.2) is 14.4 Å². The number of benzene rings is 1. The number of rotatable bonds is 1. The molecule has 2 rings (SSSR count).